The molecule has 0 saturated carbocycles. The lowest BCUT2D eigenvalue weighted by molar-refractivity contribution is -0.115. The first-order chi connectivity index (χ1) is 14.0. The Bertz CT molecular complexity index is 940. The van der Waals surface area contributed by atoms with Gasteiger partial charge in [-0.15, -0.1) is 0 Å². The number of carbonyl (C=O) groups excluding carboxylic acids is 3. The van der Waals surface area contributed by atoms with Gasteiger partial charge in [0.2, 0.25) is 11.8 Å². The minimum absolute atomic E-state index is 0.0152. The van der Waals surface area contributed by atoms with Crippen LogP contribution in [-0.2, 0) is 15.0 Å². The Morgan fingerprint density at radius 2 is 1.37 bits per heavy atom. The van der Waals surface area contributed by atoms with Crippen molar-refractivity contribution in [3.63, 3.8) is 0 Å². The summed E-state index contributed by atoms with van der Waals surface area (Å²) in [6, 6.07) is 14.2. The van der Waals surface area contributed by atoms with Crippen LogP contribution in [0.4, 0.5) is 11.4 Å². The van der Waals surface area contributed by atoms with Crippen LogP contribution in [0, 0.1) is 0 Å². The lowest BCUT2D eigenvalue weighted by Gasteiger charge is -2.18. The van der Waals surface area contributed by atoms with Crippen LogP contribution in [0.25, 0.3) is 0 Å². The van der Waals surface area contributed by atoms with E-state index in [-0.39, 0.29) is 29.6 Å². The number of benzene rings is 2. The van der Waals surface area contributed by atoms with Crippen molar-refractivity contribution >= 4 is 34.8 Å². The zero-order valence-corrected chi connectivity index (χ0v) is 18.0. The minimum Gasteiger partial charge on any atom is -0.326 e. The van der Waals surface area contributed by atoms with Crippen LogP contribution in [0.3, 0.4) is 0 Å². The molecule has 0 saturated heterocycles. The van der Waals surface area contributed by atoms with Gasteiger partial charge in [0.05, 0.1) is 6.42 Å². The van der Waals surface area contributed by atoms with Crippen molar-refractivity contribution in [2.45, 2.75) is 46.5 Å². The van der Waals surface area contributed by atoms with E-state index in [1.54, 1.807) is 43.3 Å². The summed E-state index contributed by atoms with van der Waals surface area (Å²) in [7, 11) is 0. The summed E-state index contributed by atoms with van der Waals surface area (Å²) in [5.41, 5.74) is 5.86. The molecule has 0 heterocycles. The topological polar surface area (TPSA) is 99.7 Å². The second-order valence-electron chi connectivity index (χ2n) is 8.10. The van der Waals surface area contributed by atoms with Gasteiger partial charge in [0.1, 0.15) is 0 Å². The predicted octanol–water partition coefficient (Wildman–Crippen LogP) is 4.08. The number of carbonyl (C=O) groups is 3. The second-order valence-corrected chi connectivity index (χ2v) is 8.10. The predicted molar refractivity (Wildman–Crippen MR) is 120 cm³/mol. The fourth-order valence-corrected chi connectivity index (χ4v) is 2.65. The summed E-state index contributed by atoms with van der Waals surface area (Å²) < 4.78 is 0. The molecule has 0 fully saturated rings. The highest BCUT2D eigenvalue weighted by Crippen LogP contribution is 2.22. The van der Waals surface area contributed by atoms with Gasteiger partial charge in [-0.3, -0.25) is 14.4 Å². The van der Waals surface area contributed by atoms with Crippen LogP contribution < -0.4 is 16.1 Å². The van der Waals surface area contributed by atoms with E-state index in [0.29, 0.717) is 22.6 Å². The Morgan fingerprint density at radius 3 is 1.87 bits per heavy atom. The van der Waals surface area contributed by atoms with Crippen LogP contribution in [0.15, 0.2) is 53.6 Å². The van der Waals surface area contributed by atoms with Crippen molar-refractivity contribution in [2.24, 2.45) is 5.10 Å². The maximum absolute atomic E-state index is 12.2. The molecule has 7 nitrogen and oxygen atoms in total. The molecule has 2 aromatic carbocycles. The van der Waals surface area contributed by atoms with Crippen LogP contribution in [-0.4, -0.2) is 23.4 Å². The second kappa shape index (κ2) is 9.82. The van der Waals surface area contributed by atoms with E-state index in [4.69, 9.17) is 0 Å². The normalized spacial score (nSPS) is 11.6. The summed E-state index contributed by atoms with van der Waals surface area (Å²) in [6.45, 7) is 9.43. The van der Waals surface area contributed by atoms with Gasteiger partial charge in [-0.1, -0.05) is 32.9 Å². The van der Waals surface area contributed by atoms with Gasteiger partial charge in [0, 0.05) is 29.6 Å². The number of hydrazone groups is 1. The molecule has 7 heteroatoms. The highest BCUT2D eigenvalue weighted by molar-refractivity contribution is 6.06. The fourth-order valence-electron chi connectivity index (χ4n) is 2.65. The van der Waals surface area contributed by atoms with Gasteiger partial charge in [-0.05, 0) is 54.3 Å². The zero-order valence-electron chi connectivity index (χ0n) is 18.0. The third kappa shape index (κ3) is 7.16. The molecule has 3 N–H and O–H groups in total. The number of hydrogen-bond acceptors (Lipinski definition) is 4. The molecule has 2 aromatic rings. The summed E-state index contributed by atoms with van der Waals surface area (Å²) >= 11 is 0. The Kier molecular flexibility index (Phi) is 7.47. The van der Waals surface area contributed by atoms with Gasteiger partial charge >= 0.3 is 0 Å². The average Bonchev–Trinajstić information content (AvgIpc) is 2.66. The molecule has 0 aromatic heterocycles. The van der Waals surface area contributed by atoms with E-state index >= 15 is 0 Å². The van der Waals surface area contributed by atoms with Crippen molar-refractivity contribution in [3.8, 4) is 0 Å². The number of amides is 3. The standard InChI is InChI=1S/C23H28N4O3/c1-15(14-21(29)25-20-12-10-19(11-13-20)24-16(2)28)26-27-22(30)17-6-8-18(9-7-17)23(3,4)5/h6-13H,14H2,1-5H3,(H,24,28)(H,25,29)(H,27,30)/b26-15-. The number of rotatable bonds is 6. The van der Waals surface area contributed by atoms with E-state index in [0.717, 1.165) is 5.56 Å². The molecule has 0 bridgehead atoms. The number of nitrogens with one attached hydrogen (secondary N) is 3. The minimum atomic E-state index is -0.330. The summed E-state index contributed by atoms with van der Waals surface area (Å²) in [5.74, 6) is -0.748. The summed E-state index contributed by atoms with van der Waals surface area (Å²) in [6.07, 6.45) is 0.0384. The third-order valence-corrected chi connectivity index (χ3v) is 4.27. The van der Waals surface area contributed by atoms with Crippen LogP contribution in [0.2, 0.25) is 0 Å². The molecular formula is C23H28N4O3. The largest absolute Gasteiger partial charge is 0.326 e. The molecule has 2 rings (SSSR count). The molecule has 0 aliphatic carbocycles. The summed E-state index contributed by atoms with van der Waals surface area (Å²) in [5, 5.41) is 9.41. The molecule has 0 aliphatic heterocycles. The monoisotopic (exact) mass is 408 g/mol. The number of nitrogens with zero attached hydrogens (tertiary/aromatic N) is 1. The maximum atomic E-state index is 12.2. The Morgan fingerprint density at radius 1 is 0.833 bits per heavy atom. The molecule has 30 heavy (non-hydrogen) atoms. The van der Waals surface area contributed by atoms with Gasteiger partial charge in [-0.25, -0.2) is 5.43 Å². The molecular weight excluding hydrogens is 380 g/mol. The SMILES string of the molecule is CC(=O)Nc1ccc(NC(=O)C/C(C)=N\NC(=O)c2ccc(C(C)(C)C)cc2)cc1. The molecule has 0 aliphatic rings. The van der Waals surface area contributed by atoms with E-state index in [9.17, 15) is 14.4 Å². The first kappa shape index (κ1) is 22.8. The molecule has 3 amide bonds. The van der Waals surface area contributed by atoms with Gasteiger partial charge < -0.3 is 10.6 Å². The Hall–Kier alpha value is -3.48. The van der Waals surface area contributed by atoms with Crippen molar-refractivity contribution in [1.82, 2.24) is 5.43 Å². The molecule has 158 valence electrons. The fraction of sp³-hybridized carbons (Fsp3) is 0.304. The summed E-state index contributed by atoms with van der Waals surface area (Å²) in [4.78, 5) is 35.4. The first-order valence-electron chi connectivity index (χ1n) is 9.66. The quantitative estimate of drug-likeness (QED) is 0.496. The zero-order chi connectivity index (χ0) is 22.3. The molecule has 0 unspecified atom stereocenters. The Balaban J connectivity index is 1.87. The van der Waals surface area contributed by atoms with Gasteiger partial charge in [-0.2, -0.15) is 5.10 Å². The van der Waals surface area contributed by atoms with Crippen molar-refractivity contribution in [3.05, 3.63) is 59.7 Å². The van der Waals surface area contributed by atoms with Gasteiger partial charge in [0.25, 0.3) is 5.91 Å². The molecule has 0 atom stereocenters. The van der Waals surface area contributed by atoms with Crippen molar-refractivity contribution in [2.75, 3.05) is 10.6 Å². The Labute approximate surface area is 177 Å². The van der Waals surface area contributed by atoms with E-state index in [1.165, 1.54) is 6.92 Å². The number of hydrogen-bond donors (Lipinski definition) is 3. The first-order valence-corrected chi connectivity index (χ1v) is 9.66. The van der Waals surface area contributed by atoms with E-state index < -0.39 is 0 Å². The lowest BCUT2D eigenvalue weighted by Crippen LogP contribution is -2.21. The molecule has 0 radical (unpaired) electrons. The maximum Gasteiger partial charge on any atom is 0.271 e. The van der Waals surface area contributed by atoms with E-state index in [1.807, 2.05) is 12.1 Å². The average molecular weight is 409 g/mol. The van der Waals surface area contributed by atoms with Crippen LogP contribution >= 0.6 is 0 Å². The highest BCUT2D eigenvalue weighted by Gasteiger charge is 2.14. The number of anilines is 2. The van der Waals surface area contributed by atoms with Crippen molar-refractivity contribution < 1.29 is 14.4 Å². The van der Waals surface area contributed by atoms with Gasteiger partial charge in [0.15, 0.2) is 0 Å². The van der Waals surface area contributed by atoms with Crippen molar-refractivity contribution in [1.29, 1.82) is 0 Å². The smallest absolute Gasteiger partial charge is 0.271 e. The van der Waals surface area contributed by atoms with E-state index in [2.05, 4.69) is 41.9 Å². The van der Waals surface area contributed by atoms with Crippen LogP contribution in [0.1, 0.15) is 57.0 Å². The van der Waals surface area contributed by atoms with Crippen LogP contribution in [0.5, 0.6) is 0 Å². The third-order valence-electron chi connectivity index (χ3n) is 4.27. The highest BCUT2D eigenvalue weighted by atomic mass is 16.2. The lowest BCUT2D eigenvalue weighted by atomic mass is 9.87. The molecule has 0 spiro atoms.